The molecule has 1 aliphatic carbocycles. The normalized spacial score (nSPS) is 17.5. The third-order valence-electron chi connectivity index (χ3n) is 2.96. The van der Waals surface area contributed by atoms with Gasteiger partial charge in [0.1, 0.15) is 5.75 Å². The molecule has 0 aromatic heterocycles. The van der Waals surface area contributed by atoms with E-state index in [0.717, 1.165) is 18.1 Å². The molecular formula is C14H21NO. The molecule has 0 amide bonds. The van der Waals surface area contributed by atoms with Crippen LogP contribution in [-0.4, -0.2) is 6.10 Å². The Morgan fingerprint density at radius 1 is 1.25 bits per heavy atom. The van der Waals surface area contributed by atoms with Gasteiger partial charge in [-0.15, -0.1) is 0 Å². The lowest BCUT2D eigenvalue weighted by Gasteiger charge is -2.13. The molecule has 0 saturated heterocycles. The minimum Gasteiger partial charge on any atom is -0.491 e. The van der Waals surface area contributed by atoms with E-state index in [1.54, 1.807) is 0 Å². The van der Waals surface area contributed by atoms with Crippen molar-refractivity contribution in [2.45, 2.75) is 45.3 Å². The molecule has 0 heterocycles. The third kappa shape index (κ3) is 3.24. The van der Waals surface area contributed by atoms with E-state index in [1.807, 2.05) is 26.0 Å². The molecule has 2 nitrogen and oxygen atoms in total. The second-order valence-electron chi connectivity index (χ2n) is 5.02. The third-order valence-corrected chi connectivity index (χ3v) is 2.96. The van der Waals surface area contributed by atoms with Gasteiger partial charge in [-0.05, 0) is 43.9 Å². The molecule has 16 heavy (non-hydrogen) atoms. The Morgan fingerprint density at radius 3 is 2.38 bits per heavy atom. The van der Waals surface area contributed by atoms with Gasteiger partial charge in [-0.2, -0.15) is 0 Å². The molecule has 1 saturated carbocycles. The van der Waals surface area contributed by atoms with Gasteiger partial charge in [-0.25, -0.2) is 0 Å². The molecule has 0 bridgehead atoms. The quantitative estimate of drug-likeness (QED) is 0.825. The van der Waals surface area contributed by atoms with E-state index < -0.39 is 0 Å². The van der Waals surface area contributed by atoms with Gasteiger partial charge in [-0.3, -0.25) is 0 Å². The molecule has 1 fully saturated rings. The first kappa shape index (κ1) is 11.5. The maximum Gasteiger partial charge on any atom is 0.119 e. The summed E-state index contributed by atoms with van der Waals surface area (Å²) in [6.45, 7) is 4.07. The van der Waals surface area contributed by atoms with Crippen molar-refractivity contribution in [2.75, 3.05) is 0 Å². The van der Waals surface area contributed by atoms with Crippen LogP contribution in [0.5, 0.6) is 5.75 Å². The Kier molecular flexibility index (Phi) is 3.49. The van der Waals surface area contributed by atoms with E-state index in [9.17, 15) is 0 Å². The van der Waals surface area contributed by atoms with Crippen molar-refractivity contribution in [3.8, 4) is 5.75 Å². The average Bonchev–Trinajstić information content (AvgIpc) is 3.01. The van der Waals surface area contributed by atoms with E-state index in [4.69, 9.17) is 10.5 Å². The Bertz CT molecular complexity index is 327. The summed E-state index contributed by atoms with van der Waals surface area (Å²) in [6, 6.07) is 8.40. The molecule has 1 atom stereocenters. The van der Waals surface area contributed by atoms with Gasteiger partial charge in [0.15, 0.2) is 0 Å². The van der Waals surface area contributed by atoms with Crippen molar-refractivity contribution < 1.29 is 4.74 Å². The van der Waals surface area contributed by atoms with Crippen LogP contribution >= 0.6 is 0 Å². The molecule has 2 rings (SSSR count). The maximum absolute atomic E-state index is 6.15. The lowest BCUT2D eigenvalue weighted by atomic mass is 10.0. The second kappa shape index (κ2) is 4.88. The molecule has 0 aliphatic heterocycles. The summed E-state index contributed by atoms with van der Waals surface area (Å²) in [7, 11) is 0. The molecule has 2 heteroatoms. The van der Waals surface area contributed by atoms with Crippen molar-refractivity contribution in [3.05, 3.63) is 29.8 Å². The zero-order valence-electron chi connectivity index (χ0n) is 10.1. The van der Waals surface area contributed by atoms with Gasteiger partial charge in [0, 0.05) is 6.04 Å². The predicted octanol–water partition coefficient (Wildman–Crippen LogP) is 3.27. The van der Waals surface area contributed by atoms with E-state index in [0.29, 0.717) is 0 Å². The first-order valence-electron chi connectivity index (χ1n) is 6.17. The number of nitrogens with two attached hydrogens (primary N) is 1. The number of hydrogen-bond donors (Lipinski definition) is 1. The van der Waals surface area contributed by atoms with Crippen LogP contribution in [0.4, 0.5) is 0 Å². The first-order valence-corrected chi connectivity index (χ1v) is 6.17. The molecule has 1 aliphatic rings. The highest BCUT2D eigenvalue weighted by atomic mass is 16.5. The fourth-order valence-electron chi connectivity index (χ4n) is 1.91. The fourth-order valence-corrected chi connectivity index (χ4v) is 1.91. The Hall–Kier alpha value is -1.02. The Morgan fingerprint density at radius 2 is 1.88 bits per heavy atom. The summed E-state index contributed by atoms with van der Waals surface area (Å²) in [6.07, 6.45) is 4.08. The molecule has 88 valence electrons. The van der Waals surface area contributed by atoms with Gasteiger partial charge in [0.2, 0.25) is 0 Å². The van der Waals surface area contributed by atoms with Crippen LogP contribution in [0.15, 0.2) is 24.3 Å². The van der Waals surface area contributed by atoms with E-state index in [-0.39, 0.29) is 12.1 Å². The molecule has 0 unspecified atom stereocenters. The Balaban J connectivity index is 1.94. The zero-order chi connectivity index (χ0) is 11.5. The lowest BCUT2D eigenvalue weighted by Crippen LogP contribution is -2.11. The van der Waals surface area contributed by atoms with Crippen molar-refractivity contribution >= 4 is 0 Å². The number of benzene rings is 1. The maximum atomic E-state index is 6.15. The molecule has 0 spiro atoms. The summed E-state index contributed by atoms with van der Waals surface area (Å²) in [5.41, 5.74) is 7.37. The first-order chi connectivity index (χ1) is 7.65. The summed E-state index contributed by atoms with van der Waals surface area (Å²) in [5, 5.41) is 0. The number of hydrogen-bond acceptors (Lipinski definition) is 2. The molecule has 1 aromatic rings. The van der Waals surface area contributed by atoms with E-state index >= 15 is 0 Å². The van der Waals surface area contributed by atoms with Gasteiger partial charge in [0.05, 0.1) is 6.10 Å². The monoisotopic (exact) mass is 219 g/mol. The van der Waals surface area contributed by atoms with Crippen LogP contribution in [0.1, 0.15) is 44.7 Å². The minimum atomic E-state index is 0.195. The van der Waals surface area contributed by atoms with Gasteiger partial charge >= 0.3 is 0 Å². The summed E-state index contributed by atoms with van der Waals surface area (Å²) in [4.78, 5) is 0. The van der Waals surface area contributed by atoms with Crippen molar-refractivity contribution in [1.29, 1.82) is 0 Å². The van der Waals surface area contributed by atoms with Crippen LogP contribution in [0.3, 0.4) is 0 Å². The highest BCUT2D eigenvalue weighted by Crippen LogP contribution is 2.36. The molecule has 0 radical (unpaired) electrons. The molecule has 2 N–H and O–H groups in total. The van der Waals surface area contributed by atoms with Gasteiger partial charge in [-0.1, -0.05) is 25.0 Å². The van der Waals surface area contributed by atoms with E-state index in [2.05, 4.69) is 12.1 Å². The fraction of sp³-hybridized carbons (Fsp3) is 0.571. The van der Waals surface area contributed by atoms with Crippen LogP contribution in [0.2, 0.25) is 0 Å². The predicted molar refractivity (Wildman–Crippen MR) is 66.5 cm³/mol. The van der Waals surface area contributed by atoms with Crippen LogP contribution in [0.25, 0.3) is 0 Å². The van der Waals surface area contributed by atoms with Crippen molar-refractivity contribution in [3.63, 3.8) is 0 Å². The van der Waals surface area contributed by atoms with Crippen LogP contribution < -0.4 is 10.5 Å². The van der Waals surface area contributed by atoms with Crippen molar-refractivity contribution in [1.82, 2.24) is 0 Å². The average molecular weight is 219 g/mol. The smallest absolute Gasteiger partial charge is 0.119 e. The molecular weight excluding hydrogens is 198 g/mol. The topological polar surface area (TPSA) is 35.2 Å². The minimum absolute atomic E-state index is 0.195. The SMILES string of the molecule is CC(C)Oc1ccc([C@H](N)CC2CC2)cc1. The highest BCUT2D eigenvalue weighted by Gasteiger charge is 2.24. The number of ether oxygens (including phenoxy) is 1. The van der Waals surface area contributed by atoms with E-state index in [1.165, 1.54) is 18.4 Å². The second-order valence-corrected chi connectivity index (χ2v) is 5.02. The van der Waals surface area contributed by atoms with Crippen molar-refractivity contribution in [2.24, 2.45) is 11.7 Å². The van der Waals surface area contributed by atoms with Gasteiger partial charge in [0.25, 0.3) is 0 Å². The standard InChI is InChI=1S/C14H21NO/c1-10(2)16-13-7-5-12(6-8-13)14(15)9-11-3-4-11/h5-8,10-11,14H,3-4,9,15H2,1-2H3/t14-/m1/s1. The zero-order valence-corrected chi connectivity index (χ0v) is 10.1. The number of rotatable bonds is 5. The summed E-state index contributed by atoms with van der Waals surface area (Å²) >= 11 is 0. The van der Waals surface area contributed by atoms with Gasteiger partial charge < -0.3 is 10.5 Å². The van der Waals surface area contributed by atoms with Crippen LogP contribution in [0, 0.1) is 5.92 Å². The molecule has 1 aromatic carbocycles. The Labute approximate surface area is 97.8 Å². The largest absolute Gasteiger partial charge is 0.491 e. The summed E-state index contributed by atoms with van der Waals surface area (Å²) in [5.74, 6) is 1.80. The summed E-state index contributed by atoms with van der Waals surface area (Å²) < 4.78 is 5.60. The highest BCUT2D eigenvalue weighted by molar-refractivity contribution is 5.29. The lowest BCUT2D eigenvalue weighted by molar-refractivity contribution is 0.242. The van der Waals surface area contributed by atoms with Crippen LogP contribution in [-0.2, 0) is 0 Å².